The lowest BCUT2D eigenvalue weighted by Gasteiger charge is -2.07. The molecule has 2 heterocycles. The van der Waals surface area contributed by atoms with Gasteiger partial charge in [0, 0.05) is 5.02 Å². The summed E-state index contributed by atoms with van der Waals surface area (Å²) in [4.78, 5) is 13.3. The molecule has 0 aliphatic heterocycles. The summed E-state index contributed by atoms with van der Waals surface area (Å²) in [6.45, 7) is 1.81. The fourth-order valence-electron chi connectivity index (χ4n) is 2.85. The number of rotatable bonds is 3. The third-order valence-electron chi connectivity index (χ3n) is 4.01. The van der Waals surface area contributed by atoms with Crippen molar-refractivity contribution in [2.45, 2.75) is 13.3 Å². The first-order chi connectivity index (χ1) is 11.0. The van der Waals surface area contributed by atoms with E-state index >= 15 is 0 Å². The number of carbonyl (C=O) groups excluding carboxylic acids is 1. The molecule has 0 radical (unpaired) electrons. The molecule has 6 nitrogen and oxygen atoms in total. The summed E-state index contributed by atoms with van der Waals surface area (Å²) in [6, 6.07) is 9.20. The standard InChI is InChI=1S/C16H14ClN3O3/c1-9-5-10(7-15(21)23-2)6-14(16(9)22)20-18-12-4-3-11(17)8-13(12)19(18)20/h3-6,8,22H,7H2,1-2H3. The Hall–Kier alpha value is -2.60. The minimum absolute atomic E-state index is 0.164. The van der Waals surface area contributed by atoms with E-state index in [0.717, 1.165) is 16.6 Å². The van der Waals surface area contributed by atoms with Gasteiger partial charge in [-0.3, -0.25) is 4.79 Å². The number of benzene rings is 2. The molecular weight excluding hydrogens is 318 g/mol. The van der Waals surface area contributed by atoms with E-state index in [-0.39, 0.29) is 18.1 Å². The quantitative estimate of drug-likeness (QED) is 0.587. The molecule has 0 bridgehead atoms. The van der Waals surface area contributed by atoms with Crippen LogP contribution in [0.4, 0.5) is 0 Å². The first-order valence-corrected chi connectivity index (χ1v) is 7.48. The highest BCUT2D eigenvalue weighted by Crippen LogP contribution is 2.34. The van der Waals surface area contributed by atoms with Crippen molar-refractivity contribution in [2.75, 3.05) is 7.11 Å². The van der Waals surface area contributed by atoms with Gasteiger partial charge in [-0.15, -0.1) is 14.1 Å². The zero-order valence-electron chi connectivity index (χ0n) is 12.6. The largest absolute Gasteiger partial charge is 0.505 e. The van der Waals surface area contributed by atoms with E-state index < -0.39 is 0 Å². The number of hydrogen-bond donors (Lipinski definition) is 1. The minimum Gasteiger partial charge on any atom is -0.505 e. The molecule has 1 N–H and O–H groups in total. The SMILES string of the molecule is COC(=O)Cc1cc(C)c(O)c(-n2n3c4ccc(Cl)cc4n23)c1. The topological polar surface area (TPSA) is 60.3 Å². The molecule has 0 aliphatic rings. The number of ether oxygens (including phenoxy) is 1. The summed E-state index contributed by atoms with van der Waals surface area (Å²) < 4.78 is 8.53. The van der Waals surface area contributed by atoms with Gasteiger partial charge < -0.3 is 9.84 Å². The van der Waals surface area contributed by atoms with Gasteiger partial charge in [-0.25, -0.2) is 0 Å². The molecule has 7 heteroatoms. The molecule has 4 aromatic rings. The second-order valence-corrected chi connectivity index (χ2v) is 5.97. The van der Waals surface area contributed by atoms with E-state index in [1.807, 2.05) is 32.3 Å². The molecule has 0 fully saturated rings. The number of halogens is 1. The number of aromatic hydroxyl groups is 1. The molecule has 4 rings (SSSR count). The molecule has 0 amide bonds. The highest BCUT2D eigenvalue weighted by molar-refractivity contribution is 6.31. The van der Waals surface area contributed by atoms with Gasteiger partial charge in [-0.05, 0) is 42.3 Å². The van der Waals surface area contributed by atoms with E-state index in [1.54, 1.807) is 19.1 Å². The van der Waals surface area contributed by atoms with Gasteiger partial charge in [0.1, 0.15) is 22.5 Å². The van der Waals surface area contributed by atoms with Gasteiger partial charge in [0.15, 0.2) is 0 Å². The highest BCUT2D eigenvalue weighted by Gasteiger charge is 2.26. The third kappa shape index (κ3) is 1.98. The normalized spacial score (nSPS) is 11.8. The molecule has 2 aromatic carbocycles. The Morgan fingerprint density at radius 1 is 1.22 bits per heavy atom. The van der Waals surface area contributed by atoms with Crippen LogP contribution in [0.1, 0.15) is 11.1 Å². The first kappa shape index (κ1) is 14.0. The van der Waals surface area contributed by atoms with Crippen LogP contribution in [0.15, 0.2) is 30.3 Å². The Morgan fingerprint density at radius 2 is 1.96 bits per heavy atom. The van der Waals surface area contributed by atoms with Crippen LogP contribution in [0.2, 0.25) is 5.02 Å². The molecule has 0 unspecified atom stereocenters. The highest BCUT2D eigenvalue weighted by atomic mass is 35.5. The number of fused-ring (bicyclic) bond motifs is 4. The number of aryl methyl sites for hydroxylation is 1. The predicted molar refractivity (Wildman–Crippen MR) is 86.0 cm³/mol. The lowest BCUT2D eigenvalue weighted by Crippen LogP contribution is -2.05. The van der Waals surface area contributed by atoms with Gasteiger partial charge in [-0.2, -0.15) is 0 Å². The van der Waals surface area contributed by atoms with Crippen molar-refractivity contribution in [3.8, 4) is 11.4 Å². The number of phenols is 1. The number of phenolic OH excluding ortho intramolecular Hbond substituents is 1. The van der Waals surface area contributed by atoms with Crippen LogP contribution >= 0.6 is 11.6 Å². The number of nitrogens with zero attached hydrogens (tertiary/aromatic N) is 3. The fraction of sp³-hybridized carbons (Fsp3) is 0.188. The zero-order valence-corrected chi connectivity index (χ0v) is 13.3. The molecule has 0 spiro atoms. The van der Waals surface area contributed by atoms with Crippen molar-refractivity contribution in [1.29, 1.82) is 0 Å². The van der Waals surface area contributed by atoms with Crippen molar-refractivity contribution in [3.63, 3.8) is 0 Å². The summed E-state index contributed by atoms with van der Waals surface area (Å²) in [5.41, 5.74) is 4.11. The average molecular weight is 332 g/mol. The smallest absolute Gasteiger partial charge is 0.309 e. The lowest BCUT2D eigenvalue weighted by molar-refractivity contribution is -0.139. The van der Waals surface area contributed by atoms with Crippen molar-refractivity contribution in [3.05, 3.63) is 46.5 Å². The van der Waals surface area contributed by atoms with Crippen LogP contribution in [0, 0.1) is 6.92 Å². The summed E-state index contributed by atoms with van der Waals surface area (Å²) in [7, 11) is 1.36. The van der Waals surface area contributed by atoms with Crippen LogP contribution in [-0.2, 0) is 16.0 Å². The van der Waals surface area contributed by atoms with Gasteiger partial charge in [0.25, 0.3) is 0 Å². The van der Waals surface area contributed by atoms with E-state index in [1.165, 1.54) is 7.11 Å². The summed E-state index contributed by atoms with van der Waals surface area (Å²) in [5, 5.41) is 11.0. The number of esters is 1. The van der Waals surface area contributed by atoms with Crippen LogP contribution < -0.4 is 0 Å². The van der Waals surface area contributed by atoms with Gasteiger partial charge >= 0.3 is 5.97 Å². The van der Waals surface area contributed by atoms with E-state index in [9.17, 15) is 9.90 Å². The Balaban J connectivity index is 1.83. The van der Waals surface area contributed by atoms with E-state index in [2.05, 4.69) is 0 Å². The Bertz CT molecular complexity index is 1040. The van der Waals surface area contributed by atoms with Crippen LogP contribution in [0.5, 0.6) is 5.75 Å². The number of methoxy groups -OCH3 is 1. The van der Waals surface area contributed by atoms with E-state index in [0.29, 0.717) is 16.3 Å². The second kappa shape index (κ2) is 4.70. The maximum Gasteiger partial charge on any atom is 0.309 e. The van der Waals surface area contributed by atoms with E-state index in [4.69, 9.17) is 16.3 Å². The molecule has 118 valence electrons. The summed E-state index contributed by atoms with van der Waals surface area (Å²) in [6.07, 6.45) is 0.164. The second-order valence-electron chi connectivity index (χ2n) is 5.53. The van der Waals surface area contributed by atoms with Gasteiger partial charge in [-0.1, -0.05) is 17.7 Å². The van der Waals surface area contributed by atoms with Crippen molar-refractivity contribution >= 4 is 28.6 Å². The lowest BCUT2D eigenvalue weighted by atomic mass is 10.1. The van der Waals surface area contributed by atoms with Gasteiger partial charge in [0.05, 0.1) is 13.5 Å². The average Bonchev–Trinajstić information content (AvgIpc) is 3.18. The Kier molecular flexibility index (Phi) is 2.86. The predicted octanol–water partition coefficient (Wildman–Crippen LogP) is 2.80. The third-order valence-corrected chi connectivity index (χ3v) is 4.24. The van der Waals surface area contributed by atoms with Crippen LogP contribution in [0.3, 0.4) is 0 Å². The maximum absolute atomic E-state index is 11.5. The molecule has 23 heavy (non-hydrogen) atoms. The van der Waals surface area contributed by atoms with Crippen molar-refractivity contribution in [1.82, 2.24) is 14.1 Å². The molecule has 0 aliphatic carbocycles. The Morgan fingerprint density at radius 3 is 2.70 bits per heavy atom. The molecule has 0 atom stereocenters. The monoisotopic (exact) mass is 331 g/mol. The number of carbonyl (C=O) groups is 1. The van der Waals surface area contributed by atoms with Crippen LogP contribution in [0.25, 0.3) is 16.7 Å². The maximum atomic E-state index is 11.5. The molecule has 2 aromatic heterocycles. The van der Waals surface area contributed by atoms with Crippen molar-refractivity contribution in [2.24, 2.45) is 0 Å². The summed E-state index contributed by atoms with van der Waals surface area (Å²) in [5.74, 6) is -0.129. The van der Waals surface area contributed by atoms with Gasteiger partial charge in [0.2, 0.25) is 0 Å². The Labute approximate surface area is 136 Å². The van der Waals surface area contributed by atoms with Crippen molar-refractivity contribution < 1.29 is 14.6 Å². The molecule has 0 saturated carbocycles. The number of aromatic nitrogens is 3. The first-order valence-electron chi connectivity index (χ1n) is 7.10. The molecule has 0 saturated heterocycles. The zero-order chi connectivity index (χ0) is 16.3. The summed E-state index contributed by atoms with van der Waals surface area (Å²) >= 11 is 6.02. The minimum atomic E-state index is -0.314. The molecular formula is C16H14ClN3O3. The number of hydrogen-bond acceptors (Lipinski definition) is 3. The van der Waals surface area contributed by atoms with Crippen LogP contribution in [-0.4, -0.2) is 32.2 Å². The fourth-order valence-corrected chi connectivity index (χ4v) is 3.01.